The van der Waals surface area contributed by atoms with Crippen LogP contribution in [0.4, 0.5) is 10.2 Å². The summed E-state index contributed by atoms with van der Waals surface area (Å²) in [4.78, 5) is 4.26. The topological polar surface area (TPSA) is 64.1 Å². The second kappa shape index (κ2) is 7.70. The molecule has 2 heterocycles. The molecular weight excluding hydrogens is 389 g/mol. The molecule has 3 N–H and O–H groups in total. The Morgan fingerprint density at radius 3 is 2.32 bits per heavy atom. The third-order valence-corrected chi connectivity index (χ3v) is 5.47. The highest BCUT2D eigenvalue weighted by Crippen LogP contribution is 2.35. The molecule has 0 amide bonds. The van der Waals surface area contributed by atoms with Crippen molar-refractivity contribution in [3.8, 4) is 28.1 Å². The second-order valence-corrected chi connectivity index (χ2v) is 7.41. The van der Waals surface area contributed by atoms with E-state index in [-0.39, 0.29) is 12.4 Å². The lowest BCUT2D eigenvalue weighted by molar-refractivity contribution is 0.282. The van der Waals surface area contributed by atoms with E-state index >= 15 is 0 Å². The van der Waals surface area contributed by atoms with Gasteiger partial charge in [0.05, 0.1) is 17.8 Å². The Morgan fingerprint density at radius 1 is 0.871 bits per heavy atom. The van der Waals surface area contributed by atoms with Crippen molar-refractivity contribution < 1.29 is 9.50 Å². The van der Waals surface area contributed by atoms with Gasteiger partial charge in [-0.1, -0.05) is 36.4 Å². The SMILES string of the molecule is Nc1ncccc1-c1cc2ccc(-c3ccc(F)cc3)cc2n1-c1ccc(CO)cc1. The fourth-order valence-electron chi connectivity index (χ4n) is 3.88. The van der Waals surface area contributed by atoms with Crippen LogP contribution in [0.25, 0.3) is 39.0 Å². The van der Waals surface area contributed by atoms with Crippen LogP contribution >= 0.6 is 0 Å². The predicted molar refractivity (Wildman–Crippen MR) is 122 cm³/mol. The summed E-state index contributed by atoms with van der Waals surface area (Å²) in [7, 11) is 0. The van der Waals surface area contributed by atoms with Crippen LogP contribution in [0.15, 0.2) is 91.1 Å². The number of aliphatic hydroxyl groups excluding tert-OH is 1. The minimum absolute atomic E-state index is 0.0101. The Balaban J connectivity index is 1.77. The maximum atomic E-state index is 13.4. The highest BCUT2D eigenvalue weighted by atomic mass is 19.1. The standard InChI is InChI=1S/C26H20FN3O/c27-21-9-7-18(8-10-21)19-5-6-20-15-25(23-2-1-13-29-26(23)28)30(24(20)14-19)22-11-3-17(16-31)4-12-22/h1-15,31H,16H2,(H2,28,29). The van der Waals surface area contributed by atoms with Gasteiger partial charge >= 0.3 is 0 Å². The zero-order valence-electron chi connectivity index (χ0n) is 16.7. The number of benzene rings is 3. The third-order valence-electron chi connectivity index (χ3n) is 5.47. The number of nitrogen functional groups attached to an aromatic ring is 1. The fourth-order valence-corrected chi connectivity index (χ4v) is 3.88. The van der Waals surface area contributed by atoms with Crippen LogP contribution in [-0.2, 0) is 6.61 Å². The van der Waals surface area contributed by atoms with E-state index in [0.717, 1.165) is 44.5 Å². The maximum absolute atomic E-state index is 13.4. The van der Waals surface area contributed by atoms with Gasteiger partial charge in [0, 0.05) is 22.8 Å². The van der Waals surface area contributed by atoms with Gasteiger partial charge in [0.1, 0.15) is 11.6 Å². The Hall–Kier alpha value is -3.96. The normalized spacial score (nSPS) is 11.2. The number of pyridine rings is 1. The first-order chi connectivity index (χ1) is 15.1. The highest BCUT2D eigenvalue weighted by molar-refractivity contribution is 5.93. The highest BCUT2D eigenvalue weighted by Gasteiger charge is 2.16. The van der Waals surface area contributed by atoms with E-state index in [1.807, 2.05) is 42.5 Å². The lowest BCUT2D eigenvalue weighted by atomic mass is 10.0. The molecule has 0 unspecified atom stereocenters. The van der Waals surface area contributed by atoms with Gasteiger partial charge in [0.25, 0.3) is 0 Å². The number of aromatic nitrogens is 2. The predicted octanol–water partition coefficient (Wildman–Crippen LogP) is 5.57. The molecule has 0 saturated carbocycles. The first-order valence-electron chi connectivity index (χ1n) is 9.96. The van der Waals surface area contributed by atoms with Gasteiger partial charge in [-0.25, -0.2) is 9.37 Å². The molecule has 4 nitrogen and oxygen atoms in total. The summed E-state index contributed by atoms with van der Waals surface area (Å²) >= 11 is 0. The summed E-state index contributed by atoms with van der Waals surface area (Å²) in [5, 5.41) is 10.5. The number of aliphatic hydroxyl groups is 1. The monoisotopic (exact) mass is 409 g/mol. The van der Waals surface area contributed by atoms with Crippen molar-refractivity contribution in [3.05, 3.63) is 103 Å². The van der Waals surface area contributed by atoms with E-state index in [1.54, 1.807) is 18.3 Å². The molecule has 31 heavy (non-hydrogen) atoms. The van der Waals surface area contributed by atoms with Crippen molar-refractivity contribution in [2.75, 3.05) is 5.73 Å². The number of halogens is 1. The Kier molecular flexibility index (Phi) is 4.73. The molecule has 0 spiro atoms. The summed E-state index contributed by atoms with van der Waals surface area (Å²) in [6, 6.07) is 26.4. The number of nitrogens with two attached hydrogens (primary N) is 1. The molecule has 0 bridgehead atoms. The van der Waals surface area contributed by atoms with E-state index in [2.05, 4.69) is 27.8 Å². The number of fused-ring (bicyclic) bond motifs is 1. The first kappa shape index (κ1) is 19.0. The maximum Gasteiger partial charge on any atom is 0.132 e. The molecule has 3 aromatic carbocycles. The van der Waals surface area contributed by atoms with Gasteiger partial charge < -0.3 is 15.4 Å². The third kappa shape index (κ3) is 3.45. The molecule has 152 valence electrons. The van der Waals surface area contributed by atoms with Gasteiger partial charge in [-0.15, -0.1) is 0 Å². The van der Waals surface area contributed by atoms with E-state index in [4.69, 9.17) is 5.73 Å². The number of hydrogen-bond acceptors (Lipinski definition) is 3. The van der Waals surface area contributed by atoms with Gasteiger partial charge in [0.15, 0.2) is 0 Å². The van der Waals surface area contributed by atoms with Crippen LogP contribution in [-0.4, -0.2) is 14.7 Å². The molecule has 0 aliphatic heterocycles. The molecule has 0 saturated heterocycles. The quantitative estimate of drug-likeness (QED) is 0.408. The molecule has 2 aromatic heterocycles. The van der Waals surface area contributed by atoms with Crippen molar-refractivity contribution in [1.82, 2.24) is 9.55 Å². The van der Waals surface area contributed by atoms with Crippen LogP contribution in [0.2, 0.25) is 0 Å². The van der Waals surface area contributed by atoms with Crippen molar-refractivity contribution >= 4 is 16.7 Å². The van der Waals surface area contributed by atoms with E-state index in [1.165, 1.54) is 12.1 Å². The molecular formula is C26H20FN3O. The molecule has 0 aliphatic rings. The molecule has 5 rings (SSSR count). The summed E-state index contributed by atoms with van der Waals surface area (Å²) in [6.45, 7) is -0.0101. The molecule has 0 atom stereocenters. The largest absolute Gasteiger partial charge is 0.392 e. The fraction of sp³-hybridized carbons (Fsp3) is 0.0385. The smallest absolute Gasteiger partial charge is 0.132 e. The van der Waals surface area contributed by atoms with Crippen molar-refractivity contribution in [3.63, 3.8) is 0 Å². The number of anilines is 1. The molecule has 5 heteroatoms. The minimum atomic E-state index is -0.258. The second-order valence-electron chi connectivity index (χ2n) is 7.41. The average molecular weight is 409 g/mol. The van der Waals surface area contributed by atoms with E-state index in [9.17, 15) is 9.50 Å². The number of rotatable bonds is 4. The lowest BCUT2D eigenvalue weighted by Crippen LogP contribution is -2.00. The average Bonchev–Trinajstić information content (AvgIpc) is 3.18. The zero-order chi connectivity index (χ0) is 21.4. The Labute approximate surface area is 179 Å². The van der Waals surface area contributed by atoms with Crippen molar-refractivity contribution in [1.29, 1.82) is 0 Å². The van der Waals surface area contributed by atoms with Crippen LogP contribution in [0.5, 0.6) is 0 Å². The number of nitrogens with zero attached hydrogens (tertiary/aromatic N) is 2. The Bertz CT molecular complexity index is 1370. The van der Waals surface area contributed by atoms with Crippen LogP contribution in [0.3, 0.4) is 0 Å². The van der Waals surface area contributed by atoms with Crippen LogP contribution < -0.4 is 5.73 Å². The summed E-state index contributed by atoms with van der Waals surface area (Å²) < 4.78 is 15.5. The van der Waals surface area contributed by atoms with Gasteiger partial charge in [-0.3, -0.25) is 0 Å². The summed E-state index contributed by atoms with van der Waals surface area (Å²) in [5.74, 6) is 0.198. The molecule has 0 fully saturated rings. The Morgan fingerprint density at radius 2 is 1.61 bits per heavy atom. The van der Waals surface area contributed by atoms with Gasteiger partial charge in [-0.2, -0.15) is 0 Å². The van der Waals surface area contributed by atoms with E-state index in [0.29, 0.717) is 5.82 Å². The van der Waals surface area contributed by atoms with Gasteiger partial charge in [-0.05, 0) is 65.2 Å². The summed E-state index contributed by atoms with van der Waals surface area (Å²) in [5.41, 5.74) is 12.7. The van der Waals surface area contributed by atoms with Crippen molar-refractivity contribution in [2.24, 2.45) is 0 Å². The number of hydrogen-bond donors (Lipinski definition) is 2. The molecule has 5 aromatic rings. The van der Waals surface area contributed by atoms with Crippen molar-refractivity contribution in [2.45, 2.75) is 6.61 Å². The zero-order valence-corrected chi connectivity index (χ0v) is 16.7. The van der Waals surface area contributed by atoms with E-state index < -0.39 is 0 Å². The van der Waals surface area contributed by atoms with Gasteiger partial charge in [0.2, 0.25) is 0 Å². The van der Waals surface area contributed by atoms with Crippen LogP contribution in [0.1, 0.15) is 5.56 Å². The molecule has 0 radical (unpaired) electrons. The molecule has 0 aliphatic carbocycles. The lowest BCUT2D eigenvalue weighted by Gasteiger charge is -2.13. The summed E-state index contributed by atoms with van der Waals surface area (Å²) in [6.07, 6.45) is 1.68. The van der Waals surface area contributed by atoms with Crippen LogP contribution in [0, 0.1) is 5.82 Å². The minimum Gasteiger partial charge on any atom is -0.392 e. The first-order valence-corrected chi connectivity index (χ1v) is 9.96.